The molecular formula is C20H42N4W-2. The Labute approximate surface area is 166 Å². The van der Waals surface area contributed by atoms with Crippen LogP contribution in [0, 0.1) is 0 Å². The van der Waals surface area contributed by atoms with Crippen LogP contribution in [0.5, 0.6) is 0 Å². The first-order valence-electron chi connectivity index (χ1n) is 10.6. The maximum atomic E-state index is 4.88. The Morgan fingerprint density at radius 2 is 0.920 bits per heavy atom. The smallest absolute Gasteiger partial charge is 0.0844 e. The molecule has 2 fully saturated rings. The molecule has 2 saturated carbocycles. The molecule has 0 amide bonds. The summed E-state index contributed by atoms with van der Waals surface area (Å²) in [5.74, 6) is 0. The van der Waals surface area contributed by atoms with E-state index in [9.17, 15) is 0 Å². The fourth-order valence-electron chi connectivity index (χ4n) is 2.98. The van der Waals surface area contributed by atoms with Crippen LogP contribution in [0.25, 0.3) is 10.6 Å². The van der Waals surface area contributed by atoms with Crippen molar-refractivity contribution in [1.82, 2.24) is 0 Å². The minimum atomic E-state index is -0.671. The monoisotopic (exact) mass is 522 g/mol. The molecule has 0 saturated heterocycles. The topological polar surface area (TPSA) is 52.9 Å². The maximum absolute atomic E-state index is 4.88. The van der Waals surface area contributed by atoms with Crippen LogP contribution in [0.2, 0.25) is 0 Å². The Bertz CT molecular complexity index is 286. The van der Waals surface area contributed by atoms with E-state index >= 15 is 0 Å². The third-order valence-corrected chi connectivity index (χ3v) is 7.26. The van der Waals surface area contributed by atoms with Crippen LogP contribution in [0.1, 0.15) is 91.9 Å². The summed E-state index contributed by atoms with van der Waals surface area (Å²) in [6, 6.07) is 1.44. The minimum absolute atomic E-state index is 0.671. The summed E-state index contributed by atoms with van der Waals surface area (Å²) >= 11 is -0.671. The van der Waals surface area contributed by atoms with Crippen molar-refractivity contribution in [2.24, 2.45) is 6.99 Å². The molecular weight excluding hydrogens is 480 g/mol. The second kappa shape index (κ2) is 20.5. The molecule has 150 valence electrons. The number of hydrogen-bond acceptors (Lipinski definition) is 2. The molecule has 5 heteroatoms. The molecule has 2 aliphatic rings. The molecule has 25 heavy (non-hydrogen) atoms. The van der Waals surface area contributed by atoms with Gasteiger partial charge < -0.3 is 10.6 Å². The van der Waals surface area contributed by atoms with Crippen molar-refractivity contribution >= 4 is 0 Å². The molecule has 0 N–H and O–H groups in total. The van der Waals surface area contributed by atoms with Gasteiger partial charge in [0.25, 0.3) is 0 Å². The summed E-state index contributed by atoms with van der Waals surface area (Å²) in [6.45, 7) is 12.1. The second-order valence-corrected chi connectivity index (χ2v) is 8.69. The average Bonchev–Trinajstić information content (AvgIpc) is 2.66. The molecule has 2 rings (SSSR count). The van der Waals surface area contributed by atoms with Crippen molar-refractivity contribution in [3.8, 4) is 0 Å². The summed E-state index contributed by atoms with van der Waals surface area (Å²) in [7, 11) is 0. The third-order valence-electron chi connectivity index (χ3n) is 4.44. The Kier molecular flexibility index (Phi) is 20.7. The maximum Gasteiger partial charge on any atom is -0.0844 e. The predicted octanol–water partition coefficient (Wildman–Crippen LogP) is 6.90. The van der Waals surface area contributed by atoms with E-state index < -0.39 is 18.2 Å². The normalized spacial score (nSPS) is 18.2. The molecule has 0 aromatic heterocycles. The predicted molar refractivity (Wildman–Crippen MR) is 107 cm³/mol. The summed E-state index contributed by atoms with van der Waals surface area (Å²) in [5.41, 5.74) is 0. The van der Waals surface area contributed by atoms with Gasteiger partial charge in [-0.3, -0.25) is 0 Å². The zero-order valence-corrected chi connectivity index (χ0v) is 20.2. The molecule has 2 aliphatic carbocycles. The van der Waals surface area contributed by atoms with Crippen molar-refractivity contribution in [2.75, 3.05) is 26.2 Å². The minimum Gasteiger partial charge on any atom is -0.663 e. The average molecular weight is 522 g/mol. The standard InChI is InChI=1S/2C6H11N.2C4H10N.W/c2*7-6-4-2-1-3-5-6;2*1-3-5-4-2;/h2*6H,1-5H2;2*3-4H2,1-2H3;/q;;2*-1;. The van der Waals surface area contributed by atoms with Crippen LogP contribution >= 0.6 is 0 Å². The van der Waals surface area contributed by atoms with Crippen LogP contribution in [-0.2, 0) is 18.2 Å². The van der Waals surface area contributed by atoms with Gasteiger partial charge in [0.2, 0.25) is 0 Å². The SMILES string of the molecule is C1CCC([N]=[W]=[N]C2CCCCC2)CC1.CC[N-]CC.CC[N-]CC. The first kappa shape index (κ1) is 25.2. The second-order valence-electron chi connectivity index (χ2n) is 6.59. The number of hydrogen-bond donors (Lipinski definition) is 0. The van der Waals surface area contributed by atoms with Gasteiger partial charge in [-0.2, -0.15) is 26.2 Å². The van der Waals surface area contributed by atoms with Crippen LogP contribution in [-0.4, -0.2) is 38.3 Å². The molecule has 0 aliphatic heterocycles. The van der Waals surface area contributed by atoms with Crippen molar-refractivity contribution in [3.05, 3.63) is 10.6 Å². The van der Waals surface area contributed by atoms with Crippen LogP contribution in [0.4, 0.5) is 0 Å². The van der Waals surface area contributed by atoms with Gasteiger partial charge in [-0.25, -0.2) is 0 Å². The fraction of sp³-hybridized carbons (Fsp3) is 1.00. The molecule has 4 nitrogen and oxygen atoms in total. The van der Waals surface area contributed by atoms with Gasteiger partial charge in [-0.05, 0) is 0 Å². The molecule has 0 heterocycles. The van der Waals surface area contributed by atoms with Gasteiger partial charge >= 0.3 is 101 Å². The molecule has 0 spiro atoms. The molecule has 0 bridgehead atoms. The van der Waals surface area contributed by atoms with Gasteiger partial charge in [0, 0.05) is 0 Å². The number of nitrogens with zero attached hydrogens (tertiary/aromatic N) is 4. The Balaban J connectivity index is 0.000000480. The number of rotatable bonds is 6. The van der Waals surface area contributed by atoms with E-state index in [1.807, 2.05) is 27.7 Å². The van der Waals surface area contributed by atoms with Gasteiger partial charge in [0.15, 0.2) is 0 Å². The first-order valence-corrected chi connectivity index (χ1v) is 13.2. The summed E-state index contributed by atoms with van der Waals surface area (Å²) in [4.78, 5) is 0. The Morgan fingerprint density at radius 1 is 0.600 bits per heavy atom. The Hall–Kier alpha value is 0.208. The van der Waals surface area contributed by atoms with E-state index in [-0.39, 0.29) is 0 Å². The first-order chi connectivity index (χ1) is 12.3. The molecule has 0 unspecified atom stereocenters. The van der Waals surface area contributed by atoms with E-state index in [2.05, 4.69) is 10.6 Å². The quantitative estimate of drug-likeness (QED) is 0.365. The van der Waals surface area contributed by atoms with E-state index in [1.54, 1.807) is 0 Å². The van der Waals surface area contributed by atoms with Crippen molar-refractivity contribution < 1.29 is 18.2 Å². The van der Waals surface area contributed by atoms with E-state index in [0.717, 1.165) is 38.3 Å². The molecule has 0 aromatic carbocycles. The molecule has 0 aromatic rings. The largest absolute Gasteiger partial charge is 0.663 e. The van der Waals surface area contributed by atoms with Crippen LogP contribution < -0.4 is 0 Å². The van der Waals surface area contributed by atoms with Crippen molar-refractivity contribution in [1.29, 1.82) is 0 Å². The Morgan fingerprint density at radius 3 is 1.16 bits per heavy atom. The zero-order valence-electron chi connectivity index (χ0n) is 17.3. The van der Waals surface area contributed by atoms with Crippen molar-refractivity contribution in [3.63, 3.8) is 0 Å². The van der Waals surface area contributed by atoms with E-state index in [1.165, 1.54) is 64.2 Å². The van der Waals surface area contributed by atoms with Crippen LogP contribution in [0.15, 0.2) is 6.99 Å². The van der Waals surface area contributed by atoms with Gasteiger partial charge in [-0.15, -0.1) is 0 Å². The molecule has 0 atom stereocenters. The summed E-state index contributed by atoms with van der Waals surface area (Å²) in [6.07, 6.45) is 14.0. The summed E-state index contributed by atoms with van der Waals surface area (Å²) < 4.78 is 9.75. The zero-order chi connectivity index (χ0) is 18.6. The van der Waals surface area contributed by atoms with Crippen molar-refractivity contribution in [2.45, 2.75) is 104 Å². The molecule has 0 radical (unpaired) electrons. The fourth-order valence-corrected chi connectivity index (χ4v) is 5.65. The van der Waals surface area contributed by atoms with E-state index in [4.69, 9.17) is 6.99 Å². The third kappa shape index (κ3) is 17.4. The van der Waals surface area contributed by atoms with Crippen LogP contribution in [0.3, 0.4) is 0 Å². The van der Waals surface area contributed by atoms with Gasteiger partial charge in [-0.1, -0.05) is 27.7 Å². The van der Waals surface area contributed by atoms with E-state index in [0.29, 0.717) is 0 Å². The van der Waals surface area contributed by atoms with Gasteiger partial charge in [0.1, 0.15) is 0 Å². The summed E-state index contributed by atoms with van der Waals surface area (Å²) in [5, 5.41) is 7.94. The van der Waals surface area contributed by atoms with Gasteiger partial charge in [0.05, 0.1) is 0 Å².